The van der Waals surface area contributed by atoms with Crippen LogP contribution in [0.1, 0.15) is 0 Å². The van der Waals surface area contributed by atoms with Gasteiger partial charge in [-0.15, -0.1) is 0 Å². The van der Waals surface area contributed by atoms with E-state index >= 15 is 0 Å². The number of halogens is 2. The van der Waals surface area contributed by atoms with Crippen LogP contribution < -0.4 is 10.1 Å². The Labute approximate surface area is 94.7 Å². The van der Waals surface area contributed by atoms with Gasteiger partial charge in [-0.1, -0.05) is 0 Å². The van der Waals surface area contributed by atoms with Gasteiger partial charge in [0.1, 0.15) is 0 Å². The number of hydrogen-bond donors (Lipinski definition) is 1. The van der Waals surface area contributed by atoms with E-state index < -0.39 is 11.7 Å². The Bertz CT molecular complexity index is 437. The Morgan fingerprint density at radius 1 is 1.60 bits per heavy atom. The Morgan fingerprint density at radius 3 is 2.87 bits per heavy atom. The van der Waals surface area contributed by atoms with E-state index in [0.29, 0.717) is 5.69 Å². The summed E-state index contributed by atoms with van der Waals surface area (Å²) in [5.74, 6) is 1.27. The molecule has 0 heterocycles. The minimum absolute atomic E-state index is 0.125. The van der Waals surface area contributed by atoms with Gasteiger partial charge in [0, 0.05) is 33.6 Å². The number of ether oxygens (including phenoxy) is 1. The molecule has 5 heteroatoms. The molecule has 0 saturated carbocycles. The van der Waals surface area contributed by atoms with Crippen molar-refractivity contribution in [3.63, 3.8) is 0 Å². The zero-order chi connectivity index (χ0) is 11.3. The summed E-state index contributed by atoms with van der Waals surface area (Å²) in [6.07, 6.45) is 0. The van der Waals surface area contributed by atoms with Gasteiger partial charge in [0.15, 0.2) is 11.6 Å². The standard InChI is InChI=1S/C10H7BrFNO2/c1-15-9-3-2-7(6-8(9)12)13-10(14)4-5-11/h2-3,6H,1H3,(H,13,14). The number of benzene rings is 1. The van der Waals surface area contributed by atoms with Crippen LogP contribution in [0.5, 0.6) is 5.75 Å². The molecule has 0 spiro atoms. The third-order valence-electron chi connectivity index (χ3n) is 1.57. The highest BCUT2D eigenvalue weighted by Gasteiger charge is 2.04. The summed E-state index contributed by atoms with van der Waals surface area (Å²) in [5, 5.41) is 2.40. The van der Waals surface area contributed by atoms with Crippen LogP contribution in [0.3, 0.4) is 0 Å². The SMILES string of the molecule is COc1ccc(NC(=O)C#CBr)cc1F. The number of anilines is 1. The summed E-state index contributed by atoms with van der Waals surface area (Å²) in [4.78, 5) is 13.3. The highest BCUT2D eigenvalue weighted by molar-refractivity contribution is 9.12. The summed E-state index contributed by atoms with van der Waals surface area (Å²) in [6.45, 7) is 0. The molecule has 1 rings (SSSR count). The van der Waals surface area contributed by atoms with E-state index in [1.165, 1.54) is 19.2 Å². The second-order valence-electron chi connectivity index (χ2n) is 2.52. The lowest BCUT2D eigenvalue weighted by atomic mass is 10.3. The molecule has 1 N–H and O–H groups in total. The number of methoxy groups -OCH3 is 1. The maximum absolute atomic E-state index is 13.2. The highest BCUT2D eigenvalue weighted by atomic mass is 79.9. The normalized spacial score (nSPS) is 8.73. The molecule has 0 bridgehead atoms. The lowest BCUT2D eigenvalue weighted by Gasteiger charge is -2.04. The van der Waals surface area contributed by atoms with Crippen molar-refractivity contribution in [3.05, 3.63) is 24.0 Å². The molecule has 0 aliphatic rings. The van der Waals surface area contributed by atoms with Crippen LogP contribution in [0.4, 0.5) is 10.1 Å². The van der Waals surface area contributed by atoms with Gasteiger partial charge < -0.3 is 10.1 Å². The van der Waals surface area contributed by atoms with Gasteiger partial charge in [-0.25, -0.2) is 4.39 Å². The van der Waals surface area contributed by atoms with E-state index in [0.717, 1.165) is 6.07 Å². The van der Waals surface area contributed by atoms with Gasteiger partial charge in [-0.3, -0.25) is 4.79 Å². The molecule has 0 unspecified atom stereocenters. The predicted octanol–water partition coefficient (Wildman–Crippen LogP) is 2.13. The largest absolute Gasteiger partial charge is 0.494 e. The van der Waals surface area contributed by atoms with E-state index in [-0.39, 0.29) is 5.75 Å². The Morgan fingerprint density at radius 2 is 2.33 bits per heavy atom. The summed E-state index contributed by atoms with van der Waals surface area (Å²) < 4.78 is 17.9. The third-order valence-corrected chi connectivity index (χ3v) is 1.77. The average Bonchev–Trinajstić information content (AvgIpc) is 2.18. The maximum Gasteiger partial charge on any atom is 0.301 e. The fraction of sp³-hybridized carbons (Fsp3) is 0.100. The second-order valence-corrected chi connectivity index (χ2v) is 2.92. The number of carbonyl (C=O) groups excluding carboxylic acids is 1. The van der Waals surface area contributed by atoms with Gasteiger partial charge in [0.25, 0.3) is 0 Å². The van der Waals surface area contributed by atoms with Crippen molar-refractivity contribution >= 4 is 27.5 Å². The van der Waals surface area contributed by atoms with Crippen molar-refractivity contribution in [2.75, 3.05) is 12.4 Å². The van der Waals surface area contributed by atoms with Crippen LogP contribution in [0, 0.1) is 16.6 Å². The Kier molecular flexibility index (Phi) is 4.13. The number of amides is 1. The lowest BCUT2D eigenvalue weighted by molar-refractivity contribution is -0.111. The summed E-state index contributed by atoms with van der Waals surface area (Å²) >= 11 is 2.78. The zero-order valence-corrected chi connectivity index (χ0v) is 9.39. The van der Waals surface area contributed by atoms with Crippen LogP contribution in [0.2, 0.25) is 0 Å². The van der Waals surface area contributed by atoms with Crippen molar-refractivity contribution in [1.82, 2.24) is 0 Å². The molecule has 0 aromatic heterocycles. The molecule has 0 saturated heterocycles. The number of rotatable bonds is 2. The Balaban J connectivity index is 2.83. The van der Waals surface area contributed by atoms with Gasteiger partial charge >= 0.3 is 5.91 Å². The van der Waals surface area contributed by atoms with Crippen LogP contribution >= 0.6 is 15.9 Å². The summed E-state index contributed by atoms with van der Waals surface area (Å²) in [7, 11) is 1.37. The topological polar surface area (TPSA) is 38.3 Å². The molecule has 0 fully saturated rings. The first-order chi connectivity index (χ1) is 7.17. The monoisotopic (exact) mass is 271 g/mol. The summed E-state index contributed by atoms with van der Waals surface area (Å²) in [6, 6.07) is 4.11. The van der Waals surface area contributed by atoms with Gasteiger partial charge in [0.05, 0.1) is 7.11 Å². The molecular weight excluding hydrogens is 265 g/mol. The van der Waals surface area contributed by atoms with Crippen molar-refractivity contribution in [2.45, 2.75) is 0 Å². The van der Waals surface area contributed by atoms with Gasteiger partial charge in [0.2, 0.25) is 0 Å². The van der Waals surface area contributed by atoms with E-state index in [2.05, 4.69) is 32.0 Å². The van der Waals surface area contributed by atoms with Crippen LogP contribution in [0.25, 0.3) is 0 Å². The van der Waals surface area contributed by atoms with Crippen molar-refractivity contribution in [2.24, 2.45) is 0 Å². The predicted molar refractivity (Wildman–Crippen MR) is 58.3 cm³/mol. The Hall–Kier alpha value is -1.54. The first-order valence-corrected chi connectivity index (χ1v) is 4.73. The molecular formula is C10H7BrFNO2. The highest BCUT2D eigenvalue weighted by Crippen LogP contribution is 2.20. The molecule has 0 radical (unpaired) electrons. The molecule has 3 nitrogen and oxygen atoms in total. The van der Waals surface area contributed by atoms with Gasteiger partial charge in [-0.2, -0.15) is 0 Å². The van der Waals surface area contributed by atoms with Crippen LogP contribution in [0.15, 0.2) is 18.2 Å². The maximum atomic E-state index is 13.2. The molecule has 15 heavy (non-hydrogen) atoms. The fourth-order valence-corrected chi connectivity index (χ4v) is 1.13. The number of nitrogens with one attached hydrogen (secondary N) is 1. The molecule has 1 aromatic carbocycles. The minimum atomic E-state index is -0.540. The molecule has 78 valence electrons. The first kappa shape index (κ1) is 11.5. The van der Waals surface area contributed by atoms with E-state index in [9.17, 15) is 9.18 Å². The van der Waals surface area contributed by atoms with E-state index in [4.69, 9.17) is 4.74 Å². The molecule has 0 aliphatic heterocycles. The molecule has 1 amide bonds. The average molecular weight is 272 g/mol. The van der Waals surface area contributed by atoms with Crippen molar-refractivity contribution in [1.29, 1.82) is 0 Å². The molecule has 1 aromatic rings. The fourth-order valence-electron chi connectivity index (χ4n) is 0.949. The van der Waals surface area contributed by atoms with Crippen molar-refractivity contribution < 1.29 is 13.9 Å². The smallest absolute Gasteiger partial charge is 0.301 e. The molecule has 0 atom stereocenters. The lowest BCUT2D eigenvalue weighted by Crippen LogP contribution is -2.08. The van der Waals surface area contributed by atoms with Crippen LogP contribution in [-0.2, 0) is 4.79 Å². The van der Waals surface area contributed by atoms with E-state index in [1.54, 1.807) is 0 Å². The van der Waals surface area contributed by atoms with Gasteiger partial charge in [-0.05, 0) is 17.0 Å². The van der Waals surface area contributed by atoms with Crippen LogP contribution in [-0.4, -0.2) is 13.0 Å². The van der Waals surface area contributed by atoms with E-state index in [1.807, 2.05) is 0 Å². The van der Waals surface area contributed by atoms with Crippen molar-refractivity contribution in [3.8, 4) is 16.5 Å². The first-order valence-electron chi connectivity index (χ1n) is 3.93. The third kappa shape index (κ3) is 3.26. The second kappa shape index (κ2) is 5.37. The zero-order valence-electron chi connectivity index (χ0n) is 7.80. The molecule has 0 aliphatic carbocycles. The summed E-state index contributed by atoms with van der Waals surface area (Å²) in [5.41, 5.74) is 0.327. The minimum Gasteiger partial charge on any atom is -0.494 e. The number of carbonyl (C=O) groups is 1. The number of hydrogen-bond acceptors (Lipinski definition) is 2. The quantitative estimate of drug-likeness (QED) is 0.837.